The van der Waals surface area contributed by atoms with Gasteiger partial charge in [-0.3, -0.25) is 4.90 Å². The van der Waals surface area contributed by atoms with E-state index in [1.54, 1.807) is 27.0 Å². The van der Waals surface area contributed by atoms with Crippen LogP contribution in [0.3, 0.4) is 0 Å². The molecule has 1 N–H and O–H groups in total. The Morgan fingerprint density at radius 3 is 2.67 bits per heavy atom. The quantitative estimate of drug-likeness (QED) is 0.854. The number of ether oxygens (including phenoxy) is 1. The van der Waals surface area contributed by atoms with Crippen molar-refractivity contribution in [1.82, 2.24) is 4.90 Å². The number of likely N-dealkylation sites (N-methyl/N-ethyl adjacent to an activating group) is 1. The molecule has 1 aromatic carbocycles. The van der Waals surface area contributed by atoms with Crippen LogP contribution in [-0.4, -0.2) is 36.3 Å². The van der Waals surface area contributed by atoms with Gasteiger partial charge in [0, 0.05) is 30.6 Å². The third kappa shape index (κ3) is 4.06. The summed E-state index contributed by atoms with van der Waals surface area (Å²) < 4.78 is 10.4. The van der Waals surface area contributed by atoms with Gasteiger partial charge in [0.1, 0.15) is 11.3 Å². The molecule has 0 atom stereocenters. The molecule has 0 radical (unpaired) electrons. The van der Waals surface area contributed by atoms with E-state index in [1.807, 2.05) is 24.1 Å². The lowest BCUT2D eigenvalue weighted by Crippen LogP contribution is -2.36. The molecule has 0 fully saturated rings. The van der Waals surface area contributed by atoms with Crippen LogP contribution in [-0.2, 0) is 6.54 Å². The average Bonchev–Trinajstić information content (AvgIpc) is 2.35. The fraction of sp³-hybridized carbons (Fsp3) is 0.438. The van der Waals surface area contributed by atoms with Crippen molar-refractivity contribution in [1.29, 1.82) is 0 Å². The van der Waals surface area contributed by atoms with Crippen LogP contribution >= 0.6 is 0 Å². The van der Waals surface area contributed by atoms with Gasteiger partial charge in [-0.2, -0.15) is 0 Å². The summed E-state index contributed by atoms with van der Waals surface area (Å²) in [6.45, 7) is 4.57. The molecule has 21 heavy (non-hydrogen) atoms. The third-order valence-corrected chi connectivity index (χ3v) is 3.13. The number of rotatable bonds is 5. The summed E-state index contributed by atoms with van der Waals surface area (Å²) in [5, 5.41) is 10.7. The van der Waals surface area contributed by atoms with Gasteiger partial charge in [0.05, 0.1) is 12.7 Å². The average molecular weight is 291 g/mol. The summed E-state index contributed by atoms with van der Waals surface area (Å²) in [7, 11) is 3.47. The van der Waals surface area contributed by atoms with Crippen LogP contribution in [0, 0.1) is 0 Å². The molecule has 0 unspecified atom stereocenters. The number of nitrogens with zero attached hydrogens (tertiary/aromatic N) is 1. The molecule has 0 aliphatic heterocycles. The largest absolute Gasteiger partial charge is 0.497 e. The molecule has 0 bridgehead atoms. The molecule has 0 aliphatic carbocycles. The monoisotopic (exact) mass is 291 g/mol. The first kappa shape index (κ1) is 15.5. The minimum atomic E-state index is -0.785. The molecule has 0 amide bonds. The van der Waals surface area contributed by atoms with Gasteiger partial charge in [0.25, 0.3) is 0 Å². The van der Waals surface area contributed by atoms with Gasteiger partial charge in [-0.15, -0.1) is 0 Å². The zero-order valence-corrected chi connectivity index (χ0v) is 12.8. The van der Waals surface area contributed by atoms with E-state index in [-0.39, 0.29) is 5.63 Å². The minimum Gasteiger partial charge on any atom is -0.497 e. The first-order chi connectivity index (χ1) is 9.78. The summed E-state index contributed by atoms with van der Waals surface area (Å²) in [6, 6.07) is 6.91. The molecular weight excluding hydrogens is 270 g/mol. The first-order valence-electron chi connectivity index (χ1n) is 6.80. The number of hydrogen-bond acceptors (Lipinski definition) is 5. The number of aliphatic hydroxyl groups is 1. The maximum absolute atomic E-state index is 11.7. The number of benzene rings is 1. The van der Waals surface area contributed by atoms with Gasteiger partial charge in [0.2, 0.25) is 0 Å². The molecule has 114 valence electrons. The molecule has 0 saturated heterocycles. The van der Waals surface area contributed by atoms with E-state index < -0.39 is 5.60 Å². The topological polar surface area (TPSA) is 62.9 Å². The van der Waals surface area contributed by atoms with Crippen molar-refractivity contribution in [3.8, 4) is 5.75 Å². The summed E-state index contributed by atoms with van der Waals surface area (Å²) in [5.74, 6) is 0.646. The molecule has 1 aromatic heterocycles. The summed E-state index contributed by atoms with van der Waals surface area (Å²) in [6.07, 6.45) is 0. The molecule has 0 saturated carbocycles. The maximum atomic E-state index is 11.7. The highest BCUT2D eigenvalue weighted by Crippen LogP contribution is 2.23. The van der Waals surface area contributed by atoms with Crippen LogP contribution in [0.25, 0.3) is 11.0 Å². The van der Waals surface area contributed by atoms with Gasteiger partial charge in [-0.05, 0) is 38.6 Å². The zero-order valence-electron chi connectivity index (χ0n) is 12.8. The van der Waals surface area contributed by atoms with Gasteiger partial charge >= 0.3 is 5.63 Å². The van der Waals surface area contributed by atoms with E-state index >= 15 is 0 Å². The highest BCUT2D eigenvalue weighted by Gasteiger charge is 2.17. The van der Waals surface area contributed by atoms with E-state index in [9.17, 15) is 9.90 Å². The van der Waals surface area contributed by atoms with Crippen LogP contribution in [0.15, 0.2) is 33.5 Å². The van der Waals surface area contributed by atoms with E-state index in [1.165, 1.54) is 6.07 Å². The Bertz CT molecular complexity index is 685. The molecule has 1 heterocycles. The summed E-state index contributed by atoms with van der Waals surface area (Å²) in [5.41, 5.74) is 0.208. The highest BCUT2D eigenvalue weighted by molar-refractivity contribution is 5.81. The standard InChI is InChI=1S/C16H21NO4/c1-16(2,19)10-17(3)9-11-7-15(18)21-14-8-12(20-4)5-6-13(11)14/h5-8,19H,9-10H2,1-4H3. The van der Waals surface area contributed by atoms with Crippen molar-refractivity contribution >= 4 is 11.0 Å². The Hall–Kier alpha value is -1.85. The third-order valence-electron chi connectivity index (χ3n) is 3.13. The van der Waals surface area contributed by atoms with E-state index in [0.29, 0.717) is 24.4 Å². The molecular formula is C16H21NO4. The van der Waals surface area contributed by atoms with E-state index in [0.717, 1.165) is 10.9 Å². The van der Waals surface area contributed by atoms with Gasteiger partial charge in [0.15, 0.2) is 0 Å². The molecule has 0 aliphatic rings. The summed E-state index contributed by atoms with van der Waals surface area (Å²) in [4.78, 5) is 13.7. The second-order valence-corrected chi connectivity index (χ2v) is 5.94. The van der Waals surface area contributed by atoms with Crippen molar-refractivity contribution in [2.75, 3.05) is 20.7 Å². The first-order valence-corrected chi connectivity index (χ1v) is 6.80. The smallest absolute Gasteiger partial charge is 0.336 e. The predicted octanol–water partition coefficient (Wildman–Crippen LogP) is 2.00. The number of fused-ring (bicyclic) bond motifs is 1. The fourth-order valence-corrected chi connectivity index (χ4v) is 2.48. The highest BCUT2D eigenvalue weighted by atomic mass is 16.5. The maximum Gasteiger partial charge on any atom is 0.336 e. The number of methoxy groups -OCH3 is 1. The van der Waals surface area contributed by atoms with Crippen molar-refractivity contribution in [3.05, 3.63) is 40.2 Å². The molecule has 5 nitrogen and oxygen atoms in total. The van der Waals surface area contributed by atoms with Crippen LogP contribution in [0.2, 0.25) is 0 Å². The van der Waals surface area contributed by atoms with E-state index in [2.05, 4.69) is 0 Å². The Labute approximate surface area is 123 Å². The Kier molecular flexibility index (Phi) is 4.34. The van der Waals surface area contributed by atoms with Gasteiger partial charge < -0.3 is 14.3 Å². The van der Waals surface area contributed by atoms with E-state index in [4.69, 9.17) is 9.15 Å². The van der Waals surface area contributed by atoms with Gasteiger partial charge in [-0.25, -0.2) is 4.79 Å². The van der Waals surface area contributed by atoms with Crippen LogP contribution in [0.1, 0.15) is 19.4 Å². The van der Waals surface area contributed by atoms with Crippen molar-refractivity contribution < 1.29 is 14.3 Å². The Balaban J connectivity index is 2.37. The Morgan fingerprint density at radius 1 is 1.33 bits per heavy atom. The zero-order chi connectivity index (χ0) is 15.6. The van der Waals surface area contributed by atoms with Crippen LogP contribution in [0.5, 0.6) is 5.75 Å². The lowest BCUT2D eigenvalue weighted by Gasteiger charge is -2.25. The van der Waals surface area contributed by atoms with Crippen LogP contribution < -0.4 is 10.4 Å². The van der Waals surface area contributed by atoms with Crippen molar-refractivity contribution in [2.24, 2.45) is 0 Å². The molecule has 2 rings (SSSR count). The van der Waals surface area contributed by atoms with Crippen molar-refractivity contribution in [2.45, 2.75) is 26.0 Å². The second-order valence-electron chi connectivity index (χ2n) is 5.94. The predicted molar refractivity (Wildman–Crippen MR) is 81.7 cm³/mol. The lowest BCUT2D eigenvalue weighted by molar-refractivity contribution is 0.0425. The fourth-order valence-electron chi connectivity index (χ4n) is 2.48. The lowest BCUT2D eigenvalue weighted by atomic mass is 10.1. The molecule has 5 heteroatoms. The van der Waals surface area contributed by atoms with Crippen LogP contribution in [0.4, 0.5) is 0 Å². The SMILES string of the molecule is COc1ccc2c(CN(C)CC(C)(C)O)cc(=O)oc2c1. The Morgan fingerprint density at radius 2 is 2.05 bits per heavy atom. The summed E-state index contributed by atoms with van der Waals surface area (Å²) >= 11 is 0. The molecule has 2 aromatic rings. The normalized spacial score (nSPS) is 12.1. The molecule has 0 spiro atoms. The minimum absolute atomic E-state index is 0.387. The van der Waals surface area contributed by atoms with Crippen molar-refractivity contribution in [3.63, 3.8) is 0 Å². The second kappa shape index (κ2) is 5.87. The number of hydrogen-bond donors (Lipinski definition) is 1. The van der Waals surface area contributed by atoms with Gasteiger partial charge in [-0.1, -0.05) is 0 Å².